The van der Waals surface area contributed by atoms with Crippen LogP contribution in [0.25, 0.3) is 0 Å². The highest BCUT2D eigenvalue weighted by Gasteiger charge is 2.17. The Balaban J connectivity index is 2.49. The van der Waals surface area contributed by atoms with Crippen molar-refractivity contribution in [3.05, 3.63) is 0 Å². The van der Waals surface area contributed by atoms with Crippen molar-refractivity contribution in [2.24, 2.45) is 5.92 Å². The molecule has 0 N–H and O–H groups in total. The van der Waals surface area contributed by atoms with Gasteiger partial charge in [-0.1, -0.05) is 78.1 Å². The number of hydrogen-bond acceptors (Lipinski definition) is 1. The average molecular weight is 310 g/mol. The van der Waals surface area contributed by atoms with Crippen LogP contribution in [0.4, 0.5) is 0 Å². The van der Waals surface area contributed by atoms with Gasteiger partial charge in [0.15, 0.2) is 0 Å². The van der Waals surface area contributed by atoms with Crippen molar-refractivity contribution in [1.29, 1.82) is 0 Å². The first-order chi connectivity index (χ1) is 10.8. The number of unbranched alkanes of at least 4 members (excludes halogenated alkanes) is 1. The summed E-state index contributed by atoms with van der Waals surface area (Å²) in [5, 5.41) is 0. The van der Waals surface area contributed by atoms with E-state index in [4.69, 9.17) is 0 Å². The van der Waals surface area contributed by atoms with Crippen molar-refractivity contribution >= 4 is 5.91 Å². The van der Waals surface area contributed by atoms with Gasteiger partial charge in [0, 0.05) is 19.5 Å². The molecule has 1 aliphatic rings. The van der Waals surface area contributed by atoms with Gasteiger partial charge >= 0.3 is 0 Å². The van der Waals surface area contributed by atoms with Crippen LogP contribution in [0.15, 0.2) is 0 Å². The van der Waals surface area contributed by atoms with Crippen LogP contribution < -0.4 is 0 Å². The molecule has 1 amide bonds. The first-order valence-corrected chi connectivity index (χ1v) is 10.1. The molecule has 2 nitrogen and oxygen atoms in total. The number of carbonyl (C=O) groups is 1. The maximum absolute atomic E-state index is 12.6. The van der Waals surface area contributed by atoms with Crippen molar-refractivity contribution in [2.75, 3.05) is 13.1 Å². The normalized spacial score (nSPS) is 20.8. The summed E-state index contributed by atoms with van der Waals surface area (Å²) in [6.45, 7) is 6.55. The zero-order valence-corrected chi connectivity index (χ0v) is 15.2. The smallest absolute Gasteiger partial charge is 0.222 e. The van der Waals surface area contributed by atoms with Crippen LogP contribution in [0.5, 0.6) is 0 Å². The van der Waals surface area contributed by atoms with E-state index in [9.17, 15) is 4.79 Å². The lowest BCUT2D eigenvalue weighted by Crippen LogP contribution is -2.36. The minimum Gasteiger partial charge on any atom is -0.342 e. The van der Waals surface area contributed by atoms with Gasteiger partial charge in [0.25, 0.3) is 0 Å². The Bertz CT molecular complexity index is 277. The Morgan fingerprint density at radius 2 is 1.50 bits per heavy atom. The molecule has 1 heterocycles. The predicted octanol–water partition coefficient (Wildman–Crippen LogP) is 5.95. The molecule has 0 aromatic heterocycles. The maximum Gasteiger partial charge on any atom is 0.222 e. The molecule has 1 rings (SSSR count). The highest BCUT2D eigenvalue weighted by Crippen LogP contribution is 2.18. The molecule has 1 aliphatic heterocycles. The van der Waals surface area contributed by atoms with Crippen LogP contribution in [-0.4, -0.2) is 23.9 Å². The van der Waals surface area contributed by atoms with E-state index in [2.05, 4.69) is 18.7 Å². The lowest BCUT2D eigenvalue weighted by molar-refractivity contribution is -0.132. The molecule has 0 bridgehead atoms. The van der Waals surface area contributed by atoms with Gasteiger partial charge in [-0.05, 0) is 25.2 Å². The zero-order valence-electron chi connectivity index (χ0n) is 15.2. The van der Waals surface area contributed by atoms with Gasteiger partial charge in [-0.3, -0.25) is 4.79 Å². The van der Waals surface area contributed by atoms with E-state index in [1.807, 2.05) is 0 Å². The molecular weight excluding hydrogens is 270 g/mol. The van der Waals surface area contributed by atoms with Crippen molar-refractivity contribution in [3.8, 4) is 0 Å². The lowest BCUT2D eigenvalue weighted by Gasteiger charge is -2.27. The molecule has 0 radical (unpaired) electrons. The van der Waals surface area contributed by atoms with E-state index in [0.717, 1.165) is 25.9 Å². The Hall–Kier alpha value is -0.530. The number of amides is 1. The summed E-state index contributed by atoms with van der Waals surface area (Å²) in [6.07, 6.45) is 17.5. The first kappa shape index (κ1) is 19.5. The first-order valence-electron chi connectivity index (χ1n) is 10.1. The lowest BCUT2D eigenvalue weighted by atomic mass is 9.98. The van der Waals surface area contributed by atoms with Gasteiger partial charge in [-0.2, -0.15) is 0 Å². The minimum atomic E-state index is 0.425. The molecule has 0 aliphatic carbocycles. The van der Waals surface area contributed by atoms with Crippen molar-refractivity contribution in [2.45, 2.75) is 104 Å². The Kier molecular flexibility index (Phi) is 11.5. The SMILES string of the molecule is CCCCC(CC)CN1CCCCCCCCCCCC1=O. The second-order valence-electron chi connectivity index (χ2n) is 7.19. The largest absolute Gasteiger partial charge is 0.342 e. The fraction of sp³-hybridized carbons (Fsp3) is 0.950. The molecule has 130 valence electrons. The quantitative estimate of drug-likeness (QED) is 0.594. The molecule has 1 unspecified atom stereocenters. The van der Waals surface area contributed by atoms with Gasteiger partial charge in [-0.25, -0.2) is 0 Å². The summed E-state index contributed by atoms with van der Waals surface area (Å²) in [5.41, 5.74) is 0. The predicted molar refractivity (Wildman–Crippen MR) is 96.1 cm³/mol. The third kappa shape index (κ3) is 8.80. The van der Waals surface area contributed by atoms with Crippen LogP contribution in [0.2, 0.25) is 0 Å². The van der Waals surface area contributed by atoms with Gasteiger partial charge in [0.1, 0.15) is 0 Å². The molecule has 0 spiro atoms. The van der Waals surface area contributed by atoms with Gasteiger partial charge in [-0.15, -0.1) is 0 Å². The fourth-order valence-electron chi connectivity index (χ4n) is 3.52. The van der Waals surface area contributed by atoms with Crippen LogP contribution in [-0.2, 0) is 4.79 Å². The van der Waals surface area contributed by atoms with Crippen LogP contribution in [0.3, 0.4) is 0 Å². The highest BCUT2D eigenvalue weighted by molar-refractivity contribution is 5.76. The van der Waals surface area contributed by atoms with E-state index >= 15 is 0 Å². The van der Waals surface area contributed by atoms with Crippen molar-refractivity contribution < 1.29 is 4.79 Å². The molecule has 0 aromatic rings. The Morgan fingerprint density at radius 3 is 2.09 bits per heavy atom. The van der Waals surface area contributed by atoms with Gasteiger partial charge < -0.3 is 4.90 Å². The molecule has 2 heteroatoms. The molecule has 0 saturated carbocycles. The molecular formula is C20H39NO. The van der Waals surface area contributed by atoms with E-state index in [1.165, 1.54) is 77.0 Å². The Morgan fingerprint density at radius 1 is 0.909 bits per heavy atom. The zero-order chi connectivity index (χ0) is 16.0. The average Bonchev–Trinajstić information content (AvgIpc) is 2.55. The number of carbonyl (C=O) groups excluding carboxylic acids is 1. The summed E-state index contributed by atoms with van der Waals surface area (Å²) >= 11 is 0. The van der Waals surface area contributed by atoms with Crippen molar-refractivity contribution in [1.82, 2.24) is 4.90 Å². The second kappa shape index (κ2) is 13.0. The monoisotopic (exact) mass is 309 g/mol. The van der Waals surface area contributed by atoms with E-state index in [0.29, 0.717) is 11.8 Å². The van der Waals surface area contributed by atoms with E-state index in [1.54, 1.807) is 0 Å². The number of nitrogens with zero attached hydrogens (tertiary/aromatic N) is 1. The summed E-state index contributed by atoms with van der Waals surface area (Å²) in [7, 11) is 0. The van der Waals surface area contributed by atoms with E-state index in [-0.39, 0.29) is 0 Å². The third-order valence-electron chi connectivity index (χ3n) is 5.19. The molecule has 1 fully saturated rings. The maximum atomic E-state index is 12.6. The molecule has 1 saturated heterocycles. The second-order valence-corrected chi connectivity index (χ2v) is 7.19. The van der Waals surface area contributed by atoms with Gasteiger partial charge in [0.2, 0.25) is 5.91 Å². The topological polar surface area (TPSA) is 20.3 Å². The van der Waals surface area contributed by atoms with Crippen LogP contribution >= 0.6 is 0 Å². The molecule has 22 heavy (non-hydrogen) atoms. The van der Waals surface area contributed by atoms with Crippen LogP contribution in [0, 0.1) is 5.92 Å². The van der Waals surface area contributed by atoms with E-state index < -0.39 is 0 Å². The summed E-state index contributed by atoms with van der Waals surface area (Å²) < 4.78 is 0. The molecule has 1 atom stereocenters. The minimum absolute atomic E-state index is 0.425. The van der Waals surface area contributed by atoms with Crippen molar-refractivity contribution in [3.63, 3.8) is 0 Å². The Labute approximate surface area is 139 Å². The van der Waals surface area contributed by atoms with Gasteiger partial charge in [0.05, 0.1) is 0 Å². The summed E-state index contributed by atoms with van der Waals surface area (Å²) in [6, 6.07) is 0. The third-order valence-corrected chi connectivity index (χ3v) is 5.19. The molecule has 0 aromatic carbocycles. The highest BCUT2D eigenvalue weighted by atomic mass is 16.2. The number of rotatable bonds is 6. The summed E-state index contributed by atoms with van der Waals surface area (Å²) in [5.74, 6) is 1.13. The summed E-state index contributed by atoms with van der Waals surface area (Å²) in [4.78, 5) is 14.8. The fourth-order valence-corrected chi connectivity index (χ4v) is 3.52. The standard InChI is InChI=1S/C20H39NO/c1-3-5-15-19(4-2)18-21-17-14-12-10-8-6-7-9-11-13-16-20(21)22/h19H,3-18H2,1-2H3. The van der Waals surface area contributed by atoms with Crippen LogP contribution in [0.1, 0.15) is 104 Å². The number of hydrogen-bond donors (Lipinski definition) is 0.